The second-order valence-electron chi connectivity index (χ2n) is 6.45. The summed E-state index contributed by atoms with van der Waals surface area (Å²) in [5.41, 5.74) is 5.29. The third-order valence-corrected chi connectivity index (χ3v) is 5.36. The number of nitrogens with zero attached hydrogens (tertiary/aromatic N) is 1. The van der Waals surface area contributed by atoms with Gasteiger partial charge in [-0.2, -0.15) is 13.5 Å². The van der Waals surface area contributed by atoms with Gasteiger partial charge in [0.2, 0.25) is 0 Å². The minimum Gasteiger partial charge on any atom is -0.378 e. The van der Waals surface area contributed by atoms with E-state index in [-0.39, 0.29) is 16.6 Å². The van der Waals surface area contributed by atoms with Crippen molar-refractivity contribution in [1.29, 1.82) is 0 Å². The van der Waals surface area contributed by atoms with Crippen molar-refractivity contribution in [2.24, 2.45) is 5.10 Å². The number of amides is 1. The molecule has 3 rings (SSSR count). The van der Waals surface area contributed by atoms with E-state index in [0.29, 0.717) is 11.1 Å². The van der Waals surface area contributed by atoms with Crippen LogP contribution in [0.4, 0.5) is 0 Å². The summed E-state index contributed by atoms with van der Waals surface area (Å²) in [7, 11) is -3.99. The van der Waals surface area contributed by atoms with Crippen LogP contribution in [0.25, 0.3) is 0 Å². The summed E-state index contributed by atoms with van der Waals surface area (Å²) >= 11 is 0. The summed E-state index contributed by atoms with van der Waals surface area (Å²) in [5.74, 6) is -0.256. The average molecular weight is 408 g/mol. The van der Waals surface area contributed by atoms with Crippen LogP contribution in [0.2, 0.25) is 0 Å². The lowest BCUT2D eigenvalue weighted by Gasteiger charge is -2.09. The van der Waals surface area contributed by atoms with Gasteiger partial charge in [-0.15, -0.1) is 0 Å². The Kier molecular flexibility index (Phi) is 6.09. The number of rotatable bonds is 6. The van der Waals surface area contributed by atoms with Gasteiger partial charge in [0, 0.05) is 11.1 Å². The molecule has 3 aromatic rings. The summed E-state index contributed by atoms with van der Waals surface area (Å²) in [5, 5.41) is 3.92. The third-order valence-electron chi connectivity index (χ3n) is 4.11. The molecular formula is C22H20N2O4S. The van der Waals surface area contributed by atoms with Gasteiger partial charge >= 0.3 is 10.1 Å². The predicted molar refractivity (Wildman–Crippen MR) is 112 cm³/mol. The Hall–Kier alpha value is -3.45. The first-order valence-electron chi connectivity index (χ1n) is 8.85. The number of hydrogen-bond donors (Lipinski definition) is 1. The molecule has 0 spiro atoms. The maximum Gasteiger partial charge on any atom is 0.339 e. The van der Waals surface area contributed by atoms with Crippen molar-refractivity contribution in [3.8, 4) is 5.75 Å². The smallest absolute Gasteiger partial charge is 0.339 e. The van der Waals surface area contributed by atoms with Crippen molar-refractivity contribution in [3.63, 3.8) is 0 Å². The molecule has 0 fully saturated rings. The lowest BCUT2D eigenvalue weighted by molar-refractivity contribution is 0.0955. The molecule has 0 atom stereocenters. The Morgan fingerprint density at radius 3 is 2.14 bits per heavy atom. The third kappa shape index (κ3) is 5.30. The van der Waals surface area contributed by atoms with Crippen LogP contribution in [-0.2, 0) is 10.1 Å². The van der Waals surface area contributed by atoms with Gasteiger partial charge in [0.25, 0.3) is 5.91 Å². The number of carbonyl (C=O) groups is 1. The molecule has 0 aliphatic heterocycles. The monoisotopic (exact) mass is 408 g/mol. The van der Waals surface area contributed by atoms with Crippen LogP contribution in [-0.4, -0.2) is 20.5 Å². The van der Waals surface area contributed by atoms with Gasteiger partial charge in [0.1, 0.15) is 4.90 Å². The molecule has 3 aromatic carbocycles. The van der Waals surface area contributed by atoms with E-state index in [2.05, 4.69) is 10.5 Å². The molecule has 0 unspecified atom stereocenters. The van der Waals surface area contributed by atoms with Crippen LogP contribution in [0.1, 0.15) is 27.0 Å². The number of aryl methyl sites for hydroxylation is 2. The Labute approximate surface area is 170 Å². The number of hydrazone groups is 1. The quantitative estimate of drug-likeness (QED) is 0.382. The molecule has 0 aliphatic rings. The van der Waals surface area contributed by atoms with E-state index in [1.54, 1.807) is 42.5 Å². The lowest BCUT2D eigenvalue weighted by Crippen LogP contribution is -2.17. The fraction of sp³-hybridized carbons (Fsp3) is 0.0909. The van der Waals surface area contributed by atoms with E-state index in [1.807, 2.05) is 26.0 Å². The van der Waals surface area contributed by atoms with Gasteiger partial charge in [0.15, 0.2) is 5.75 Å². The first-order valence-corrected chi connectivity index (χ1v) is 10.3. The zero-order chi connectivity index (χ0) is 20.9. The fourth-order valence-corrected chi connectivity index (χ4v) is 3.42. The van der Waals surface area contributed by atoms with E-state index in [1.165, 1.54) is 24.4 Å². The van der Waals surface area contributed by atoms with Crippen LogP contribution in [0.15, 0.2) is 82.8 Å². The van der Waals surface area contributed by atoms with E-state index in [4.69, 9.17) is 4.18 Å². The Bertz CT molecular complexity index is 1140. The number of para-hydroxylation sites is 1. The van der Waals surface area contributed by atoms with Crippen molar-refractivity contribution >= 4 is 22.2 Å². The Morgan fingerprint density at radius 1 is 0.897 bits per heavy atom. The summed E-state index contributed by atoms with van der Waals surface area (Å²) in [4.78, 5) is 12.2. The zero-order valence-electron chi connectivity index (χ0n) is 16.0. The Balaban J connectivity index is 1.75. The standard InChI is InChI=1S/C22H20N2O4S/c1-16-7-11-18(12-8-16)22(25)24-23-15-19-5-3-4-6-21(19)28-29(26,27)20-13-9-17(2)10-14-20/h3-15H,1-2H3,(H,24,25)/b23-15+. The summed E-state index contributed by atoms with van der Waals surface area (Å²) in [6.07, 6.45) is 1.34. The highest BCUT2D eigenvalue weighted by molar-refractivity contribution is 7.87. The van der Waals surface area contributed by atoms with Gasteiger partial charge < -0.3 is 4.18 Å². The molecule has 0 aliphatic carbocycles. The SMILES string of the molecule is Cc1ccc(C(=O)N/N=C/c2ccccc2OS(=O)(=O)c2ccc(C)cc2)cc1. The Morgan fingerprint density at radius 2 is 1.48 bits per heavy atom. The number of benzene rings is 3. The highest BCUT2D eigenvalue weighted by Gasteiger charge is 2.17. The molecule has 6 nitrogen and oxygen atoms in total. The first-order chi connectivity index (χ1) is 13.8. The average Bonchev–Trinajstić information content (AvgIpc) is 2.70. The maximum atomic E-state index is 12.5. The number of carbonyl (C=O) groups excluding carboxylic acids is 1. The van der Waals surface area contributed by atoms with E-state index in [0.717, 1.165) is 11.1 Å². The van der Waals surface area contributed by atoms with Gasteiger partial charge in [-0.1, -0.05) is 47.5 Å². The van der Waals surface area contributed by atoms with Crippen molar-refractivity contribution in [2.45, 2.75) is 18.7 Å². The fourth-order valence-electron chi connectivity index (χ4n) is 2.46. The van der Waals surface area contributed by atoms with Gasteiger partial charge in [-0.3, -0.25) is 4.79 Å². The highest BCUT2D eigenvalue weighted by Crippen LogP contribution is 2.22. The second-order valence-corrected chi connectivity index (χ2v) is 8.00. The molecule has 148 valence electrons. The minimum absolute atomic E-state index is 0.0579. The molecule has 0 heterocycles. The van der Waals surface area contributed by atoms with Crippen LogP contribution in [0.5, 0.6) is 5.75 Å². The molecule has 29 heavy (non-hydrogen) atoms. The topological polar surface area (TPSA) is 84.8 Å². The highest BCUT2D eigenvalue weighted by atomic mass is 32.2. The molecule has 1 amide bonds. The van der Waals surface area contributed by atoms with Crippen LogP contribution in [0, 0.1) is 13.8 Å². The van der Waals surface area contributed by atoms with Crippen molar-refractivity contribution in [1.82, 2.24) is 5.43 Å². The van der Waals surface area contributed by atoms with Crippen LogP contribution >= 0.6 is 0 Å². The van der Waals surface area contributed by atoms with Gasteiger partial charge in [-0.25, -0.2) is 5.43 Å². The lowest BCUT2D eigenvalue weighted by atomic mass is 10.1. The normalized spacial score (nSPS) is 11.4. The minimum atomic E-state index is -3.99. The van der Waals surface area contributed by atoms with Crippen LogP contribution < -0.4 is 9.61 Å². The maximum absolute atomic E-state index is 12.5. The summed E-state index contributed by atoms with van der Waals surface area (Å²) in [6.45, 7) is 3.80. The van der Waals surface area contributed by atoms with E-state index in [9.17, 15) is 13.2 Å². The zero-order valence-corrected chi connectivity index (χ0v) is 16.8. The summed E-state index contributed by atoms with van der Waals surface area (Å²) < 4.78 is 30.3. The van der Waals surface area contributed by atoms with Crippen LogP contribution in [0.3, 0.4) is 0 Å². The van der Waals surface area contributed by atoms with Gasteiger partial charge in [-0.05, 0) is 50.2 Å². The van der Waals surface area contributed by atoms with E-state index >= 15 is 0 Å². The van der Waals surface area contributed by atoms with Crippen molar-refractivity contribution in [3.05, 3.63) is 95.1 Å². The van der Waals surface area contributed by atoms with E-state index < -0.39 is 10.1 Å². The molecule has 0 aromatic heterocycles. The second kappa shape index (κ2) is 8.70. The number of hydrogen-bond acceptors (Lipinski definition) is 5. The number of nitrogens with one attached hydrogen (secondary N) is 1. The molecule has 0 saturated heterocycles. The molecule has 1 N–H and O–H groups in total. The summed E-state index contributed by atoms with van der Waals surface area (Å²) in [6, 6.07) is 20.0. The predicted octanol–water partition coefficient (Wildman–Crippen LogP) is 3.84. The first kappa shape index (κ1) is 20.3. The molecule has 0 radical (unpaired) electrons. The molecule has 0 saturated carbocycles. The molecule has 0 bridgehead atoms. The van der Waals surface area contributed by atoms with Crippen molar-refractivity contribution in [2.75, 3.05) is 0 Å². The largest absolute Gasteiger partial charge is 0.378 e. The van der Waals surface area contributed by atoms with Crippen molar-refractivity contribution < 1.29 is 17.4 Å². The molecule has 7 heteroatoms. The molecular weight excluding hydrogens is 388 g/mol. The van der Waals surface area contributed by atoms with Gasteiger partial charge in [0.05, 0.1) is 6.21 Å².